The van der Waals surface area contributed by atoms with Crippen molar-refractivity contribution in [3.05, 3.63) is 229 Å². The number of amidine groups is 2. The highest BCUT2D eigenvalue weighted by atomic mass is 32.1. The van der Waals surface area contributed by atoms with Gasteiger partial charge in [-0.15, -0.1) is 11.3 Å². The summed E-state index contributed by atoms with van der Waals surface area (Å²) < 4.78 is 7.38. The first-order chi connectivity index (χ1) is 31.2. The number of nitrogens with zero attached hydrogens (tertiary/aromatic N) is 4. The fraction of sp³-hybridized carbons (Fsp3) is 0.0175. The Morgan fingerprint density at radius 2 is 1.03 bits per heavy atom. The molecule has 1 atom stereocenters. The van der Waals surface area contributed by atoms with E-state index in [0.717, 1.165) is 56.1 Å². The topological polar surface area (TPSA) is 46.6 Å². The van der Waals surface area contributed by atoms with Crippen LogP contribution >= 0.6 is 11.3 Å². The van der Waals surface area contributed by atoms with Crippen molar-refractivity contribution < 1.29 is 0 Å². The molecule has 0 amide bonds. The highest BCUT2D eigenvalue weighted by Gasteiger charge is 2.26. The van der Waals surface area contributed by atoms with E-state index < -0.39 is 6.17 Å². The lowest BCUT2D eigenvalue weighted by molar-refractivity contribution is 0.675. The quantitative estimate of drug-likeness (QED) is 0.178. The molecule has 0 saturated carbocycles. The van der Waals surface area contributed by atoms with Gasteiger partial charge >= 0.3 is 0 Å². The van der Waals surface area contributed by atoms with Crippen LogP contribution in [0.4, 0.5) is 0 Å². The molecule has 0 radical (unpaired) electrons. The van der Waals surface area contributed by atoms with E-state index in [4.69, 9.17) is 9.98 Å². The maximum absolute atomic E-state index is 5.44. The molecule has 0 saturated heterocycles. The zero-order valence-electron chi connectivity index (χ0n) is 34.0. The second-order valence-corrected chi connectivity index (χ2v) is 17.3. The number of aromatic nitrogens is 2. The van der Waals surface area contributed by atoms with Gasteiger partial charge in [0.2, 0.25) is 0 Å². The Morgan fingerprint density at radius 1 is 0.429 bits per heavy atom. The summed E-state index contributed by atoms with van der Waals surface area (Å²) in [6.45, 7) is 0. The van der Waals surface area contributed by atoms with E-state index in [1.807, 2.05) is 17.4 Å². The lowest BCUT2D eigenvalue weighted by Gasteiger charge is -2.26. The summed E-state index contributed by atoms with van der Waals surface area (Å²) in [4.78, 5) is 10.7. The molecule has 1 N–H and O–H groups in total. The molecule has 9 aromatic carbocycles. The molecule has 4 heterocycles. The summed E-state index contributed by atoms with van der Waals surface area (Å²) >= 11 is 1.82. The summed E-state index contributed by atoms with van der Waals surface area (Å²) in [7, 11) is 0. The molecule has 0 aliphatic carbocycles. The van der Waals surface area contributed by atoms with E-state index >= 15 is 0 Å². The number of hydrogen-bond acceptors (Lipinski definition) is 4. The van der Waals surface area contributed by atoms with E-state index in [9.17, 15) is 0 Å². The van der Waals surface area contributed by atoms with Gasteiger partial charge in [0.25, 0.3) is 0 Å². The maximum Gasteiger partial charge on any atom is 0.159 e. The smallest absolute Gasteiger partial charge is 0.159 e. The Labute approximate surface area is 367 Å². The Balaban J connectivity index is 1.02. The Hall–Kier alpha value is -8.06. The van der Waals surface area contributed by atoms with Crippen molar-refractivity contribution in [2.45, 2.75) is 6.17 Å². The zero-order valence-corrected chi connectivity index (χ0v) is 34.8. The molecular weight excluding hydrogens is 787 g/mol. The molecule has 5 nitrogen and oxygen atoms in total. The summed E-state index contributed by atoms with van der Waals surface area (Å²) in [5.74, 6) is 1.49. The van der Waals surface area contributed by atoms with E-state index in [0.29, 0.717) is 5.84 Å². The summed E-state index contributed by atoms with van der Waals surface area (Å²) in [6, 6.07) is 76.2. The number of benzene rings is 9. The second-order valence-electron chi connectivity index (χ2n) is 16.2. The molecule has 6 heteroatoms. The van der Waals surface area contributed by atoms with Crippen LogP contribution in [0.1, 0.15) is 22.9 Å². The third kappa shape index (κ3) is 5.69. The van der Waals surface area contributed by atoms with Gasteiger partial charge in [-0.05, 0) is 65.7 Å². The Morgan fingerprint density at radius 3 is 1.78 bits per heavy atom. The lowest BCUT2D eigenvalue weighted by atomic mass is 9.96. The van der Waals surface area contributed by atoms with Crippen molar-refractivity contribution >= 4 is 86.8 Å². The third-order valence-corrected chi connectivity index (χ3v) is 13.7. The molecule has 63 heavy (non-hydrogen) atoms. The molecule has 12 aromatic rings. The first kappa shape index (κ1) is 35.7. The molecule has 13 rings (SSSR count). The van der Waals surface area contributed by atoms with Crippen LogP contribution in [0.2, 0.25) is 0 Å². The average molecular weight is 824 g/mol. The van der Waals surface area contributed by atoms with Gasteiger partial charge in [0.05, 0.1) is 27.8 Å². The van der Waals surface area contributed by atoms with Crippen molar-refractivity contribution in [3.8, 4) is 22.5 Å². The van der Waals surface area contributed by atoms with Crippen LogP contribution < -0.4 is 5.32 Å². The normalized spacial score (nSPS) is 14.2. The van der Waals surface area contributed by atoms with Gasteiger partial charge in [-0.1, -0.05) is 158 Å². The van der Waals surface area contributed by atoms with Crippen LogP contribution in [0.3, 0.4) is 0 Å². The summed E-state index contributed by atoms with van der Waals surface area (Å²) in [6.07, 6.45) is -0.442. The predicted molar refractivity (Wildman–Crippen MR) is 265 cm³/mol. The number of fused-ring (bicyclic) bond motifs is 9. The molecule has 3 aromatic heterocycles. The first-order valence-corrected chi connectivity index (χ1v) is 22.2. The average Bonchev–Trinajstić information content (AvgIpc) is 4.02. The van der Waals surface area contributed by atoms with E-state index in [-0.39, 0.29) is 0 Å². The number of hydrogen-bond donors (Lipinski definition) is 1. The van der Waals surface area contributed by atoms with Gasteiger partial charge < -0.3 is 14.5 Å². The van der Waals surface area contributed by atoms with Gasteiger partial charge in [-0.2, -0.15) is 0 Å². The molecular formula is C57H37N5S. The summed E-state index contributed by atoms with van der Waals surface area (Å²) in [5, 5.41) is 11.3. The molecule has 0 spiro atoms. The minimum atomic E-state index is -0.442. The van der Waals surface area contributed by atoms with Gasteiger partial charge in [0.15, 0.2) is 5.84 Å². The number of thiophene rings is 1. The lowest BCUT2D eigenvalue weighted by Crippen LogP contribution is -2.34. The Kier molecular flexibility index (Phi) is 8.08. The van der Waals surface area contributed by atoms with Crippen molar-refractivity contribution in [2.75, 3.05) is 0 Å². The molecule has 0 fully saturated rings. The van der Waals surface area contributed by atoms with Gasteiger partial charge in [-0.3, -0.25) is 0 Å². The fourth-order valence-corrected chi connectivity index (χ4v) is 10.9. The van der Waals surface area contributed by atoms with E-state index in [1.165, 1.54) is 52.8 Å². The van der Waals surface area contributed by atoms with Crippen molar-refractivity contribution in [3.63, 3.8) is 0 Å². The maximum atomic E-state index is 5.44. The van der Waals surface area contributed by atoms with Crippen molar-refractivity contribution in [1.29, 1.82) is 0 Å². The van der Waals surface area contributed by atoms with Gasteiger partial charge in [0, 0.05) is 64.1 Å². The highest BCUT2D eigenvalue weighted by Crippen LogP contribution is 2.42. The van der Waals surface area contributed by atoms with E-state index in [2.05, 4.69) is 221 Å². The van der Waals surface area contributed by atoms with Crippen LogP contribution in [0.15, 0.2) is 222 Å². The minimum Gasteiger partial charge on any atom is -0.344 e. The summed E-state index contributed by atoms with van der Waals surface area (Å²) in [5.41, 5.74) is 12.2. The number of aliphatic imine (C=N–C) groups is 2. The zero-order chi connectivity index (χ0) is 41.4. The number of para-hydroxylation sites is 3. The van der Waals surface area contributed by atoms with Gasteiger partial charge in [-0.25, -0.2) is 9.98 Å². The van der Waals surface area contributed by atoms with E-state index in [1.54, 1.807) is 0 Å². The van der Waals surface area contributed by atoms with Crippen LogP contribution in [0.5, 0.6) is 0 Å². The SMILES string of the molecule is c1ccc(C2=NC(c3cc(-n4c5ccccc5c5c(-n6c7ccccc7c7ccccc76)cccc54)ccc3-c3ccccc3)NC(c3ccc4c(c3)sc3ccccc34)=N2)cc1. The van der Waals surface area contributed by atoms with Crippen LogP contribution in [-0.2, 0) is 0 Å². The number of nitrogens with one attached hydrogen (secondary N) is 1. The molecule has 0 bridgehead atoms. The van der Waals surface area contributed by atoms with Gasteiger partial charge in [0.1, 0.15) is 12.0 Å². The van der Waals surface area contributed by atoms with Crippen molar-refractivity contribution in [1.82, 2.24) is 14.5 Å². The van der Waals surface area contributed by atoms with Crippen molar-refractivity contribution in [2.24, 2.45) is 9.98 Å². The standard InChI is InChI=1S/C57H37N5S/c1-3-16-36(17-4-1)40-33-31-39(61-49-26-13-9-23-45(49)54-50(61)27-15-28-51(54)62-47-24-11-7-20-41(47)42-21-8-12-25-48(42)62)35-46(40)57-59-55(37-18-5-2-6-19-37)58-56(60-57)38-30-32-44-43-22-10-14-29-52(43)63-53(44)34-38/h1-35,57H,(H,58,59,60). The fourth-order valence-electron chi connectivity index (χ4n) is 9.79. The number of rotatable bonds is 6. The monoisotopic (exact) mass is 823 g/mol. The van der Waals surface area contributed by atoms with Crippen LogP contribution in [0, 0.1) is 0 Å². The highest BCUT2D eigenvalue weighted by molar-refractivity contribution is 7.25. The molecule has 296 valence electrons. The minimum absolute atomic E-state index is 0.442. The predicted octanol–water partition coefficient (Wildman–Crippen LogP) is 14.4. The second kappa shape index (κ2) is 14.3. The largest absolute Gasteiger partial charge is 0.344 e. The molecule has 1 aliphatic rings. The van der Waals surface area contributed by atoms with Crippen LogP contribution in [-0.4, -0.2) is 20.8 Å². The Bertz CT molecular complexity index is 3780. The molecule has 1 aliphatic heterocycles. The third-order valence-electron chi connectivity index (χ3n) is 12.6. The molecule has 1 unspecified atom stereocenters. The first-order valence-electron chi connectivity index (χ1n) is 21.4. The van der Waals surface area contributed by atoms with Crippen LogP contribution in [0.25, 0.3) is 86.3 Å².